The number of carbonyl (C=O) groups is 1. The highest BCUT2D eigenvalue weighted by molar-refractivity contribution is 6.12. The van der Waals surface area contributed by atoms with Crippen molar-refractivity contribution in [2.75, 3.05) is 5.32 Å². The van der Waals surface area contributed by atoms with Gasteiger partial charge in [0, 0.05) is 17.8 Å². The molecule has 0 radical (unpaired) electrons. The standard InChI is InChI=1S/C14H10FN3O/c15-11-5-1-2-6-12(11)18-14(19)10-8-17-13-9(10)4-3-7-16-13/h1-8H,(H,16,17)(H,18,19). The van der Waals surface area contributed by atoms with Gasteiger partial charge in [0.15, 0.2) is 0 Å². The molecule has 0 fully saturated rings. The largest absolute Gasteiger partial charge is 0.345 e. The Bertz CT molecular complexity index is 751. The molecule has 3 aromatic rings. The van der Waals surface area contributed by atoms with Crippen LogP contribution in [0.15, 0.2) is 48.8 Å². The van der Waals surface area contributed by atoms with E-state index in [0.29, 0.717) is 16.6 Å². The van der Waals surface area contributed by atoms with Crippen LogP contribution in [0.2, 0.25) is 0 Å². The molecule has 0 unspecified atom stereocenters. The fourth-order valence-electron chi connectivity index (χ4n) is 1.90. The number of hydrogen-bond donors (Lipinski definition) is 2. The Morgan fingerprint density at radius 2 is 2.05 bits per heavy atom. The maximum absolute atomic E-state index is 13.5. The number of fused-ring (bicyclic) bond motifs is 1. The van der Waals surface area contributed by atoms with Crippen LogP contribution in [0.4, 0.5) is 10.1 Å². The van der Waals surface area contributed by atoms with Gasteiger partial charge in [-0.15, -0.1) is 0 Å². The molecule has 0 atom stereocenters. The third-order valence-electron chi connectivity index (χ3n) is 2.82. The summed E-state index contributed by atoms with van der Waals surface area (Å²) in [6.07, 6.45) is 3.20. The summed E-state index contributed by atoms with van der Waals surface area (Å²) in [4.78, 5) is 19.1. The smallest absolute Gasteiger partial charge is 0.257 e. The van der Waals surface area contributed by atoms with E-state index in [4.69, 9.17) is 0 Å². The molecule has 19 heavy (non-hydrogen) atoms. The number of nitrogens with zero attached hydrogens (tertiary/aromatic N) is 1. The van der Waals surface area contributed by atoms with Crippen LogP contribution in [-0.2, 0) is 0 Å². The Morgan fingerprint density at radius 3 is 2.89 bits per heavy atom. The second-order valence-corrected chi connectivity index (χ2v) is 4.04. The Labute approximate surface area is 108 Å². The highest BCUT2D eigenvalue weighted by atomic mass is 19.1. The second-order valence-electron chi connectivity index (χ2n) is 4.04. The number of carbonyl (C=O) groups excluding carboxylic acids is 1. The molecule has 1 aromatic carbocycles. The van der Waals surface area contributed by atoms with Crippen molar-refractivity contribution < 1.29 is 9.18 Å². The van der Waals surface area contributed by atoms with Gasteiger partial charge in [-0.05, 0) is 24.3 Å². The van der Waals surface area contributed by atoms with Crippen LogP contribution in [0, 0.1) is 5.82 Å². The average molecular weight is 255 g/mol. The molecule has 3 rings (SSSR count). The van der Waals surface area contributed by atoms with Crippen molar-refractivity contribution in [3.05, 3.63) is 60.2 Å². The number of halogens is 1. The lowest BCUT2D eigenvalue weighted by atomic mass is 10.2. The minimum atomic E-state index is -0.464. The van der Waals surface area contributed by atoms with E-state index in [1.807, 2.05) is 0 Å². The summed E-state index contributed by atoms with van der Waals surface area (Å²) >= 11 is 0. The topological polar surface area (TPSA) is 57.8 Å². The molecule has 0 bridgehead atoms. The Kier molecular flexibility index (Phi) is 2.72. The van der Waals surface area contributed by atoms with Gasteiger partial charge in [-0.25, -0.2) is 9.37 Å². The lowest BCUT2D eigenvalue weighted by molar-refractivity contribution is 0.102. The lowest BCUT2D eigenvalue weighted by Crippen LogP contribution is -2.12. The number of hydrogen-bond acceptors (Lipinski definition) is 2. The molecule has 94 valence electrons. The third kappa shape index (κ3) is 2.06. The Morgan fingerprint density at radius 1 is 1.21 bits per heavy atom. The van der Waals surface area contributed by atoms with E-state index in [0.717, 1.165) is 0 Å². The molecule has 0 aliphatic heterocycles. The van der Waals surface area contributed by atoms with Gasteiger partial charge < -0.3 is 10.3 Å². The van der Waals surface area contributed by atoms with Crippen molar-refractivity contribution in [3.8, 4) is 0 Å². The van der Waals surface area contributed by atoms with Crippen LogP contribution in [0.1, 0.15) is 10.4 Å². The van der Waals surface area contributed by atoms with Crippen molar-refractivity contribution in [2.24, 2.45) is 0 Å². The molecule has 0 spiro atoms. The summed E-state index contributed by atoms with van der Waals surface area (Å²) in [5.41, 5.74) is 1.22. The number of nitrogens with one attached hydrogen (secondary N) is 2. The van der Waals surface area contributed by atoms with Crippen molar-refractivity contribution in [3.63, 3.8) is 0 Å². The maximum Gasteiger partial charge on any atom is 0.257 e. The van der Waals surface area contributed by atoms with Gasteiger partial charge in [0.25, 0.3) is 5.91 Å². The summed E-state index contributed by atoms with van der Waals surface area (Å²) in [5, 5.41) is 3.25. The average Bonchev–Trinajstić information content (AvgIpc) is 2.85. The Hall–Kier alpha value is -2.69. The molecule has 0 saturated heterocycles. The van der Waals surface area contributed by atoms with E-state index in [1.165, 1.54) is 12.1 Å². The van der Waals surface area contributed by atoms with Crippen LogP contribution in [0.25, 0.3) is 11.0 Å². The number of pyridine rings is 1. The molecule has 0 saturated carbocycles. The van der Waals surface area contributed by atoms with Crippen LogP contribution < -0.4 is 5.32 Å². The fraction of sp³-hybridized carbons (Fsp3) is 0. The van der Waals surface area contributed by atoms with Crippen LogP contribution in [-0.4, -0.2) is 15.9 Å². The Balaban J connectivity index is 1.95. The first kappa shape index (κ1) is 11.4. The van der Waals surface area contributed by atoms with Crippen molar-refractivity contribution in [1.29, 1.82) is 0 Å². The third-order valence-corrected chi connectivity index (χ3v) is 2.82. The van der Waals surface area contributed by atoms with E-state index < -0.39 is 5.82 Å². The van der Waals surface area contributed by atoms with Gasteiger partial charge in [0.05, 0.1) is 11.3 Å². The highest BCUT2D eigenvalue weighted by Crippen LogP contribution is 2.18. The van der Waals surface area contributed by atoms with Crippen LogP contribution in [0.5, 0.6) is 0 Å². The second kappa shape index (κ2) is 4.53. The van der Waals surface area contributed by atoms with E-state index in [-0.39, 0.29) is 11.6 Å². The number of aromatic nitrogens is 2. The van der Waals surface area contributed by atoms with Crippen molar-refractivity contribution >= 4 is 22.6 Å². The first-order chi connectivity index (χ1) is 9.25. The zero-order valence-corrected chi connectivity index (χ0v) is 9.85. The number of rotatable bonds is 2. The molecular formula is C14H10FN3O. The molecule has 1 amide bonds. The van der Waals surface area contributed by atoms with Crippen molar-refractivity contribution in [1.82, 2.24) is 9.97 Å². The van der Waals surface area contributed by atoms with E-state index >= 15 is 0 Å². The summed E-state index contributed by atoms with van der Waals surface area (Å²) < 4.78 is 13.5. The summed E-state index contributed by atoms with van der Waals surface area (Å²) in [6, 6.07) is 9.58. The number of aromatic amines is 1. The molecule has 4 nitrogen and oxygen atoms in total. The lowest BCUT2D eigenvalue weighted by Gasteiger charge is -2.04. The molecule has 2 aromatic heterocycles. The maximum atomic E-state index is 13.5. The van der Waals surface area contributed by atoms with Crippen LogP contribution in [0.3, 0.4) is 0 Å². The number of benzene rings is 1. The predicted octanol–water partition coefficient (Wildman–Crippen LogP) is 2.95. The number of anilines is 1. The van der Waals surface area contributed by atoms with E-state index in [9.17, 15) is 9.18 Å². The van der Waals surface area contributed by atoms with Crippen molar-refractivity contribution in [2.45, 2.75) is 0 Å². The summed E-state index contributed by atoms with van der Waals surface area (Å²) in [5.74, 6) is -0.835. The van der Waals surface area contributed by atoms with E-state index in [2.05, 4.69) is 15.3 Å². The molecular weight excluding hydrogens is 245 g/mol. The van der Waals surface area contributed by atoms with Gasteiger partial charge >= 0.3 is 0 Å². The number of para-hydroxylation sites is 1. The first-order valence-electron chi connectivity index (χ1n) is 5.73. The summed E-state index contributed by atoms with van der Waals surface area (Å²) in [7, 11) is 0. The summed E-state index contributed by atoms with van der Waals surface area (Å²) in [6.45, 7) is 0. The van der Waals surface area contributed by atoms with Gasteiger partial charge in [-0.1, -0.05) is 12.1 Å². The molecule has 2 N–H and O–H groups in total. The van der Waals surface area contributed by atoms with Crippen LogP contribution >= 0.6 is 0 Å². The van der Waals surface area contributed by atoms with Gasteiger partial charge in [0.2, 0.25) is 0 Å². The fourth-order valence-corrected chi connectivity index (χ4v) is 1.90. The van der Waals surface area contributed by atoms with Gasteiger partial charge in [-0.2, -0.15) is 0 Å². The van der Waals surface area contributed by atoms with E-state index in [1.54, 1.807) is 36.7 Å². The number of amides is 1. The number of H-pyrrole nitrogens is 1. The van der Waals surface area contributed by atoms with Gasteiger partial charge in [-0.3, -0.25) is 4.79 Å². The quantitative estimate of drug-likeness (QED) is 0.739. The molecule has 2 heterocycles. The zero-order chi connectivity index (χ0) is 13.2. The molecule has 0 aliphatic rings. The normalized spacial score (nSPS) is 10.6. The highest BCUT2D eigenvalue weighted by Gasteiger charge is 2.13. The molecule has 0 aliphatic carbocycles. The monoisotopic (exact) mass is 255 g/mol. The minimum absolute atomic E-state index is 0.158. The predicted molar refractivity (Wildman–Crippen MR) is 70.4 cm³/mol. The minimum Gasteiger partial charge on any atom is -0.345 e. The SMILES string of the molecule is O=C(Nc1ccccc1F)c1c[nH]c2ncccc12. The molecule has 5 heteroatoms. The van der Waals surface area contributed by atoms with Gasteiger partial charge in [0.1, 0.15) is 11.5 Å². The first-order valence-corrected chi connectivity index (χ1v) is 5.73. The zero-order valence-electron chi connectivity index (χ0n) is 9.85.